The van der Waals surface area contributed by atoms with Crippen LogP contribution in [0.3, 0.4) is 0 Å². The second kappa shape index (κ2) is 4.85. The summed E-state index contributed by atoms with van der Waals surface area (Å²) in [4.78, 5) is 12.2. The minimum atomic E-state index is 0.0258. The third kappa shape index (κ3) is 1.97. The van der Waals surface area contributed by atoms with Gasteiger partial charge in [0.25, 0.3) is 5.56 Å². The molecule has 0 aliphatic carbocycles. The van der Waals surface area contributed by atoms with Gasteiger partial charge < -0.3 is 9.30 Å². The van der Waals surface area contributed by atoms with Crippen molar-refractivity contribution in [2.75, 3.05) is 7.11 Å². The lowest BCUT2D eigenvalue weighted by atomic mass is 10.0. The molecule has 100 valence electrons. The number of rotatable bonds is 2. The summed E-state index contributed by atoms with van der Waals surface area (Å²) in [5.41, 5.74) is 2.14. The van der Waals surface area contributed by atoms with E-state index < -0.39 is 0 Å². The minimum Gasteiger partial charge on any atom is -0.497 e. The van der Waals surface area contributed by atoms with Crippen molar-refractivity contribution in [3.05, 3.63) is 65.1 Å². The molecule has 2 aromatic carbocycles. The van der Waals surface area contributed by atoms with Crippen molar-refractivity contribution in [1.82, 2.24) is 4.57 Å². The summed E-state index contributed by atoms with van der Waals surface area (Å²) in [5, 5.41) is 1.71. The molecule has 3 aromatic rings. The molecule has 3 nitrogen and oxygen atoms in total. The fraction of sp³-hybridized carbons (Fsp3) is 0.118. The predicted octanol–water partition coefficient (Wildman–Crippen LogP) is 3.21. The van der Waals surface area contributed by atoms with E-state index in [1.54, 1.807) is 18.7 Å². The molecule has 0 unspecified atom stereocenters. The van der Waals surface area contributed by atoms with Crippen LogP contribution in [0.15, 0.2) is 59.5 Å². The number of ether oxygens (including phenoxy) is 1. The van der Waals surface area contributed by atoms with Gasteiger partial charge in [-0.15, -0.1) is 0 Å². The van der Waals surface area contributed by atoms with Crippen molar-refractivity contribution in [3.8, 4) is 16.9 Å². The highest BCUT2D eigenvalue weighted by Gasteiger charge is 2.08. The van der Waals surface area contributed by atoms with Crippen LogP contribution < -0.4 is 10.3 Å². The van der Waals surface area contributed by atoms with E-state index in [0.29, 0.717) is 0 Å². The molecule has 0 amide bonds. The lowest BCUT2D eigenvalue weighted by molar-refractivity contribution is 0.415. The van der Waals surface area contributed by atoms with Gasteiger partial charge >= 0.3 is 0 Å². The fourth-order valence-electron chi connectivity index (χ4n) is 2.42. The van der Waals surface area contributed by atoms with Gasteiger partial charge in [0, 0.05) is 24.2 Å². The molecule has 0 saturated heterocycles. The van der Waals surface area contributed by atoms with Gasteiger partial charge in [-0.05, 0) is 29.1 Å². The maximum absolute atomic E-state index is 12.2. The van der Waals surface area contributed by atoms with E-state index in [-0.39, 0.29) is 5.56 Å². The van der Waals surface area contributed by atoms with E-state index in [1.165, 1.54) is 0 Å². The Morgan fingerprint density at radius 2 is 1.60 bits per heavy atom. The molecular formula is C17H15NO2. The number of benzene rings is 2. The SMILES string of the molecule is COc1ccc(-c2cn(C)c(=O)c3ccccc23)cc1. The third-order valence-electron chi connectivity index (χ3n) is 3.49. The molecule has 3 rings (SSSR count). The number of hydrogen-bond acceptors (Lipinski definition) is 2. The molecule has 20 heavy (non-hydrogen) atoms. The Morgan fingerprint density at radius 3 is 2.25 bits per heavy atom. The molecule has 0 atom stereocenters. The number of aromatic nitrogens is 1. The van der Waals surface area contributed by atoms with Gasteiger partial charge in [-0.1, -0.05) is 30.3 Å². The molecule has 0 N–H and O–H groups in total. The molecule has 1 aromatic heterocycles. The van der Waals surface area contributed by atoms with Crippen molar-refractivity contribution < 1.29 is 4.74 Å². The van der Waals surface area contributed by atoms with E-state index in [1.807, 2.05) is 54.7 Å². The predicted molar refractivity (Wildman–Crippen MR) is 81.2 cm³/mol. The largest absolute Gasteiger partial charge is 0.497 e. The Morgan fingerprint density at radius 1 is 0.950 bits per heavy atom. The van der Waals surface area contributed by atoms with Gasteiger partial charge in [-0.3, -0.25) is 4.79 Å². The molecule has 0 bridgehead atoms. The van der Waals surface area contributed by atoms with Crippen molar-refractivity contribution in [2.24, 2.45) is 7.05 Å². The van der Waals surface area contributed by atoms with Gasteiger partial charge in [0.15, 0.2) is 0 Å². The van der Waals surface area contributed by atoms with Crippen LogP contribution in [0.2, 0.25) is 0 Å². The van der Waals surface area contributed by atoms with E-state index in [4.69, 9.17) is 4.74 Å². The van der Waals surface area contributed by atoms with Gasteiger partial charge in [-0.2, -0.15) is 0 Å². The van der Waals surface area contributed by atoms with Crippen molar-refractivity contribution >= 4 is 10.8 Å². The fourth-order valence-corrected chi connectivity index (χ4v) is 2.42. The highest BCUT2D eigenvalue weighted by atomic mass is 16.5. The quantitative estimate of drug-likeness (QED) is 0.712. The zero-order valence-electron chi connectivity index (χ0n) is 11.5. The average Bonchev–Trinajstić information content (AvgIpc) is 2.51. The summed E-state index contributed by atoms with van der Waals surface area (Å²) in [6.07, 6.45) is 1.88. The van der Waals surface area contributed by atoms with Crippen LogP contribution >= 0.6 is 0 Å². The van der Waals surface area contributed by atoms with Crippen LogP contribution in [-0.4, -0.2) is 11.7 Å². The Labute approximate surface area is 117 Å². The summed E-state index contributed by atoms with van der Waals surface area (Å²) in [6.45, 7) is 0. The Kier molecular flexibility index (Phi) is 3.03. The second-order valence-corrected chi connectivity index (χ2v) is 4.73. The molecule has 0 fully saturated rings. The molecule has 0 aliphatic rings. The number of aryl methyl sites for hydroxylation is 1. The normalized spacial score (nSPS) is 10.7. The van der Waals surface area contributed by atoms with Crippen LogP contribution in [-0.2, 0) is 7.05 Å². The molecular weight excluding hydrogens is 250 g/mol. The number of fused-ring (bicyclic) bond motifs is 1. The topological polar surface area (TPSA) is 31.2 Å². The van der Waals surface area contributed by atoms with Gasteiger partial charge in [0.2, 0.25) is 0 Å². The lowest BCUT2D eigenvalue weighted by Crippen LogP contribution is -2.16. The molecule has 0 spiro atoms. The van der Waals surface area contributed by atoms with Crippen LogP contribution in [0, 0.1) is 0 Å². The van der Waals surface area contributed by atoms with Crippen LogP contribution in [0.4, 0.5) is 0 Å². The maximum Gasteiger partial charge on any atom is 0.258 e. The minimum absolute atomic E-state index is 0.0258. The Bertz CT molecular complexity index is 817. The first kappa shape index (κ1) is 12.5. The first-order valence-corrected chi connectivity index (χ1v) is 6.43. The molecule has 3 heteroatoms. The molecule has 1 heterocycles. The van der Waals surface area contributed by atoms with E-state index in [0.717, 1.165) is 27.6 Å². The number of pyridine rings is 1. The van der Waals surface area contributed by atoms with Gasteiger partial charge in [0.05, 0.1) is 7.11 Å². The first-order chi connectivity index (χ1) is 9.70. The van der Waals surface area contributed by atoms with Crippen molar-refractivity contribution in [3.63, 3.8) is 0 Å². The smallest absolute Gasteiger partial charge is 0.258 e. The van der Waals surface area contributed by atoms with Crippen LogP contribution in [0.5, 0.6) is 5.75 Å². The number of methoxy groups -OCH3 is 1. The van der Waals surface area contributed by atoms with E-state index >= 15 is 0 Å². The summed E-state index contributed by atoms with van der Waals surface area (Å²) >= 11 is 0. The molecule has 0 saturated carbocycles. The van der Waals surface area contributed by atoms with Crippen molar-refractivity contribution in [2.45, 2.75) is 0 Å². The average molecular weight is 265 g/mol. The van der Waals surface area contributed by atoms with Gasteiger partial charge in [0.1, 0.15) is 5.75 Å². The summed E-state index contributed by atoms with van der Waals surface area (Å²) in [5.74, 6) is 0.822. The molecule has 0 aliphatic heterocycles. The lowest BCUT2D eigenvalue weighted by Gasteiger charge is -2.10. The highest BCUT2D eigenvalue weighted by molar-refractivity contribution is 5.95. The summed E-state index contributed by atoms with van der Waals surface area (Å²) in [7, 11) is 3.43. The zero-order valence-corrected chi connectivity index (χ0v) is 11.5. The summed E-state index contributed by atoms with van der Waals surface area (Å²) < 4.78 is 6.81. The van der Waals surface area contributed by atoms with E-state index in [9.17, 15) is 4.79 Å². The van der Waals surface area contributed by atoms with Crippen LogP contribution in [0.1, 0.15) is 0 Å². The summed E-state index contributed by atoms with van der Waals surface area (Å²) in [6, 6.07) is 15.6. The zero-order chi connectivity index (χ0) is 14.1. The second-order valence-electron chi connectivity index (χ2n) is 4.73. The monoisotopic (exact) mass is 265 g/mol. The Hall–Kier alpha value is -2.55. The highest BCUT2D eigenvalue weighted by Crippen LogP contribution is 2.27. The third-order valence-corrected chi connectivity index (χ3v) is 3.49. The van der Waals surface area contributed by atoms with Gasteiger partial charge in [-0.25, -0.2) is 0 Å². The van der Waals surface area contributed by atoms with E-state index in [2.05, 4.69) is 0 Å². The van der Waals surface area contributed by atoms with Crippen molar-refractivity contribution in [1.29, 1.82) is 0 Å². The number of hydrogen-bond donors (Lipinski definition) is 0. The number of nitrogens with zero attached hydrogens (tertiary/aromatic N) is 1. The maximum atomic E-state index is 12.2. The Balaban J connectivity index is 2.30. The molecule has 0 radical (unpaired) electrons. The first-order valence-electron chi connectivity index (χ1n) is 6.43. The van der Waals surface area contributed by atoms with Crippen LogP contribution in [0.25, 0.3) is 21.9 Å². The standard InChI is InChI=1S/C17H15NO2/c1-18-11-16(12-7-9-13(20-2)10-8-12)14-5-3-4-6-15(14)17(18)19/h3-11H,1-2H3.